The number of amides is 2. The lowest BCUT2D eigenvalue weighted by molar-refractivity contribution is -0.114. The molecule has 0 aliphatic rings. The fourth-order valence-electron chi connectivity index (χ4n) is 2.11. The van der Waals surface area contributed by atoms with Crippen LogP contribution in [0.1, 0.15) is 24.2 Å². The molecule has 2 amide bonds. The van der Waals surface area contributed by atoms with Crippen LogP contribution >= 0.6 is 12.2 Å². The molecule has 0 aromatic heterocycles. The lowest BCUT2D eigenvalue weighted by atomic mass is 10.2. The van der Waals surface area contributed by atoms with E-state index in [4.69, 9.17) is 17.0 Å². The van der Waals surface area contributed by atoms with Crippen molar-refractivity contribution in [1.29, 1.82) is 0 Å². The molecule has 25 heavy (non-hydrogen) atoms. The summed E-state index contributed by atoms with van der Waals surface area (Å²) in [4.78, 5) is 23.4. The first-order valence-electron chi connectivity index (χ1n) is 7.71. The van der Waals surface area contributed by atoms with Crippen LogP contribution in [-0.2, 0) is 4.79 Å². The van der Waals surface area contributed by atoms with Crippen molar-refractivity contribution in [2.45, 2.75) is 13.8 Å². The van der Waals surface area contributed by atoms with Crippen molar-refractivity contribution in [1.82, 2.24) is 5.32 Å². The van der Waals surface area contributed by atoms with E-state index in [1.807, 2.05) is 6.92 Å². The summed E-state index contributed by atoms with van der Waals surface area (Å²) in [6, 6.07) is 13.9. The summed E-state index contributed by atoms with van der Waals surface area (Å²) in [5.41, 5.74) is 1.78. The van der Waals surface area contributed by atoms with E-state index in [1.54, 1.807) is 48.5 Å². The van der Waals surface area contributed by atoms with E-state index < -0.39 is 0 Å². The monoisotopic (exact) mass is 357 g/mol. The van der Waals surface area contributed by atoms with Gasteiger partial charge in [-0.3, -0.25) is 14.9 Å². The predicted octanol–water partition coefficient (Wildman–Crippen LogP) is 3.17. The van der Waals surface area contributed by atoms with E-state index in [9.17, 15) is 9.59 Å². The van der Waals surface area contributed by atoms with Gasteiger partial charge < -0.3 is 15.4 Å². The van der Waals surface area contributed by atoms with Gasteiger partial charge in [-0.25, -0.2) is 0 Å². The molecular formula is C18H19N3O3S. The SMILES string of the molecule is CCOc1ccccc1C(=O)NC(=S)Nc1ccc(NC(C)=O)cc1. The van der Waals surface area contributed by atoms with Gasteiger partial charge in [-0.15, -0.1) is 0 Å². The van der Waals surface area contributed by atoms with Gasteiger partial charge in [0.2, 0.25) is 5.91 Å². The van der Waals surface area contributed by atoms with Crippen LogP contribution in [0.25, 0.3) is 0 Å². The molecular weight excluding hydrogens is 338 g/mol. The van der Waals surface area contributed by atoms with Crippen LogP contribution in [0.5, 0.6) is 5.75 Å². The molecule has 7 heteroatoms. The Labute approximate surface area is 151 Å². The minimum atomic E-state index is -0.351. The van der Waals surface area contributed by atoms with Gasteiger partial charge in [-0.05, 0) is 55.5 Å². The number of hydrogen-bond donors (Lipinski definition) is 3. The molecule has 3 N–H and O–H groups in total. The highest BCUT2D eigenvalue weighted by Gasteiger charge is 2.13. The van der Waals surface area contributed by atoms with Crippen molar-refractivity contribution >= 4 is 40.5 Å². The Morgan fingerprint density at radius 3 is 2.20 bits per heavy atom. The highest BCUT2D eigenvalue weighted by atomic mass is 32.1. The van der Waals surface area contributed by atoms with Gasteiger partial charge in [-0.2, -0.15) is 0 Å². The van der Waals surface area contributed by atoms with Crippen LogP contribution in [0.15, 0.2) is 48.5 Å². The van der Waals surface area contributed by atoms with Gasteiger partial charge >= 0.3 is 0 Å². The third kappa shape index (κ3) is 5.58. The molecule has 0 fully saturated rings. The second-order valence-corrected chi connectivity index (χ2v) is 5.50. The largest absolute Gasteiger partial charge is 0.493 e. The number of para-hydroxylation sites is 1. The molecule has 0 bridgehead atoms. The summed E-state index contributed by atoms with van der Waals surface area (Å²) in [7, 11) is 0. The fourth-order valence-corrected chi connectivity index (χ4v) is 2.32. The van der Waals surface area contributed by atoms with Crippen LogP contribution in [0.2, 0.25) is 0 Å². The maximum Gasteiger partial charge on any atom is 0.261 e. The van der Waals surface area contributed by atoms with Crippen molar-refractivity contribution in [2.24, 2.45) is 0 Å². The van der Waals surface area contributed by atoms with Crippen molar-refractivity contribution in [2.75, 3.05) is 17.2 Å². The van der Waals surface area contributed by atoms with Crippen LogP contribution < -0.4 is 20.7 Å². The number of carbonyl (C=O) groups is 2. The second kappa shape index (κ2) is 8.79. The molecule has 6 nitrogen and oxygen atoms in total. The third-order valence-electron chi connectivity index (χ3n) is 3.12. The average molecular weight is 357 g/mol. The Hall–Kier alpha value is -2.93. The molecule has 2 aromatic rings. The Balaban J connectivity index is 1.98. The Morgan fingerprint density at radius 2 is 1.60 bits per heavy atom. The third-order valence-corrected chi connectivity index (χ3v) is 3.33. The highest BCUT2D eigenvalue weighted by Crippen LogP contribution is 2.18. The molecule has 0 aliphatic heterocycles. The number of thiocarbonyl (C=S) groups is 1. The molecule has 0 unspecified atom stereocenters. The van der Waals surface area contributed by atoms with Crippen LogP contribution in [0.3, 0.4) is 0 Å². The number of benzene rings is 2. The fraction of sp³-hybridized carbons (Fsp3) is 0.167. The molecule has 0 spiro atoms. The van der Waals surface area contributed by atoms with E-state index in [-0.39, 0.29) is 16.9 Å². The minimum absolute atomic E-state index is 0.142. The van der Waals surface area contributed by atoms with Crippen molar-refractivity contribution in [3.63, 3.8) is 0 Å². The minimum Gasteiger partial charge on any atom is -0.493 e. The molecule has 2 rings (SSSR count). The first-order valence-corrected chi connectivity index (χ1v) is 8.12. The van der Waals surface area contributed by atoms with Crippen LogP contribution in [0.4, 0.5) is 11.4 Å². The van der Waals surface area contributed by atoms with Gasteiger partial charge in [0.05, 0.1) is 12.2 Å². The van der Waals surface area contributed by atoms with Crippen molar-refractivity contribution in [3.8, 4) is 5.75 Å². The normalized spacial score (nSPS) is 9.84. The van der Waals surface area contributed by atoms with Gasteiger partial charge in [0.1, 0.15) is 5.75 Å². The quantitative estimate of drug-likeness (QED) is 0.716. The molecule has 0 atom stereocenters. The van der Waals surface area contributed by atoms with Gasteiger partial charge in [0.15, 0.2) is 5.11 Å². The number of rotatable bonds is 5. The molecule has 0 saturated carbocycles. The molecule has 2 aromatic carbocycles. The number of ether oxygens (including phenoxy) is 1. The van der Waals surface area contributed by atoms with Crippen molar-refractivity contribution in [3.05, 3.63) is 54.1 Å². The Bertz CT molecular complexity index is 775. The lowest BCUT2D eigenvalue weighted by Gasteiger charge is -2.12. The molecule has 130 valence electrons. The van der Waals surface area contributed by atoms with Gasteiger partial charge in [0.25, 0.3) is 5.91 Å². The summed E-state index contributed by atoms with van der Waals surface area (Å²) in [6.45, 7) is 3.76. The molecule has 0 saturated heterocycles. The highest BCUT2D eigenvalue weighted by molar-refractivity contribution is 7.80. The zero-order valence-corrected chi connectivity index (χ0v) is 14.8. The van der Waals surface area contributed by atoms with E-state index in [0.29, 0.717) is 29.3 Å². The molecule has 0 aliphatic carbocycles. The standard InChI is InChI=1S/C18H19N3O3S/c1-3-24-16-7-5-4-6-15(16)17(23)21-18(25)20-14-10-8-13(9-11-14)19-12(2)22/h4-11H,3H2,1-2H3,(H,19,22)(H2,20,21,23,25). The smallest absolute Gasteiger partial charge is 0.261 e. The zero-order valence-electron chi connectivity index (χ0n) is 14.0. The average Bonchev–Trinajstić information content (AvgIpc) is 2.57. The predicted molar refractivity (Wildman–Crippen MR) is 102 cm³/mol. The lowest BCUT2D eigenvalue weighted by Crippen LogP contribution is -2.34. The second-order valence-electron chi connectivity index (χ2n) is 5.10. The summed E-state index contributed by atoms with van der Waals surface area (Å²) in [5.74, 6) is 0.0119. The summed E-state index contributed by atoms with van der Waals surface area (Å²) in [5, 5.41) is 8.39. The van der Waals surface area contributed by atoms with Crippen LogP contribution in [-0.4, -0.2) is 23.5 Å². The Kier molecular flexibility index (Phi) is 6.47. The van der Waals surface area contributed by atoms with Crippen molar-refractivity contribution < 1.29 is 14.3 Å². The molecule has 0 radical (unpaired) electrons. The van der Waals surface area contributed by atoms with E-state index in [2.05, 4.69) is 16.0 Å². The summed E-state index contributed by atoms with van der Waals surface area (Å²) in [6.07, 6.45) is 0. The van der Waals surface area contributed by atoms with E-state index >= 15 is 0 Å². The maximum atomic E-state index is 12.4. The number of anilines is 2. The Morgan fingerprint density at radius 1 is 1.00 bits per heavy atom. The topological polar surface area (TPSA) is 79.5 Å². The number of carbonyl (C=O) groups excluding carboxylic acids is 2. The number of hydrogen-bond acceptors (Lipinski definition) is 4. The van der Waals surface area contributed by atoms with Gasteiger partial charge in [-0.1, -0.05) is 12.1 Å². The first kappa shape index (κ1) is 18.4. The first-order chi connectivity index (χ1) is 12.0. The van der Waals surface area contributed by atoms with Gasteiger partial charge in [0, 0.05) is 18.3 Å². The van der Waals surface area contributed by atoms with E-state index in [1.165, 1.54) is 6.92 Å². The zero-order chi connectivity index (χ0) is 18.2. The molecule has 0 heterocycles. The summed E-state index contributed by atoms with van der Waals surface area (Å²) >= 11 is 5.17. The van der Waals surface area contributed by atoms with E-state index in [0.717, 1.165) is 0 Å². The summed E-state index contributed by atoms with van der Waals surface area (Å²) < 4.78 is 5.44. The van der Waals surface area contributed by atoms with Crippen LogP contribution in [0, 0.1) is 0 Å². The maximum absolute atomic E-state index is 12.4. The number of nitrogens with one attached hydrogen (secondary N) is 3.